The summed E-state index contributed by atoms with van der Waals surface area (Å²) < 4.78 is 0. The third-order valence-corrected chi connectivity index (χ3v) is 1.22. The Morgan fingerprint density at radius 2 is 2.20 bits per heavy atom. The van der Waals surface area contributed by atoms with E-state index >= 15 is 0 Å². The molecular formula is C5H6N2O3. The fraction of sp³-hybridized carbons (Fsp3) is 0.400. The Morgan fingerprint density at radius 3 is 2.70 bits per heavy atom. The molecule has 1 heterocycles. The lowest BCUT2D eigenvalue weighted by Gasteiger charge is -2.16. The molecule has 1 saturated heterocycles. The van der Waals surface area contributed by atoms with Crippen LogP contribution in [0.15, 0.2) is 0 Å². The number of hydrogen-bond donors (Lipinski definition) is 2. The quantitative estimate of drug-likeness (QED) is 0.350. The molecule has 0 aromatic rings. The smallest absolute Gasteiger partial charge is 0.321 e. The maximum Gasteiger partial charge on any atom is 0.321 e. The molecule has 1 atom stereocenters. The normalized spacial score (nSPS) is 25.0. The zero-order valence-electron chi connectivity index (χ0n) is 5.09. The van der Waals surface area contributed by atoms with Gasteiger partial charge in [0, 0.05) is 6.54 Å². The van der Waals surface area contributed by atoms with Gasteiger partial charge >= 0.3 is 6.03 Å². The van der Waals surface area contributed by atoms with E-state index < -0.39 is 17.9 Å². The molecule has 5 nitrogen and oxygen atoms in total. The summed E-state index contributed by atoms with van der Waals surface area (Å²) in [6, 6.07) is -0.539. The Bertz CT molecular complexity index is 189. The van der Waals surface area contributed by atoms with Crippen molar-refractivity contribution in [2.24, 2.45) is 5.92 Å². The summed E-state index contributed by atoms with van der Waals surface area (Å²) in [5.41, 5.74) is 0. The van der Waals surface area contributed by atoms with E-state index in [-0.39, 0.29) is 6.54 Å². The van der Waals surface area contributed by atoms with Gasteiger partial charge in [-0.05, 0) is 0 Å². The van der Waals surface area contributed by atoms with Crippen molar-refractivity contribution in [3.8, 4) is 0 Å². The van der Waals surface area contributed by atoms with E-state index in [2.05, 4.69) is 5.32 Å². The van der Waals surface area contributed by atoms with Crippen LogP contribution in [0.3, 0.4) is 0 Å². The number of imide groups is 1. The molecule has 0 aromatic carbocycles. The maximum absolute atomic E-state index is 10.6. The molecular weight excluding hydrogens is 136 g/mol. The highest BCUT2D eigenvalue weighted by Gasteiger charge is 2.24. The van der Waals surface area contributed by atoms with Crippen LogP contribution >= 0.6 is 0 Å². The van der Waals surface area contributed by atoms with Crippen molar-refractivity contribution in [3.63, 3.8) is 0 Å². The summed E-state index contributed by atoms with van der Waals surface area (Å²) in [6.45, 7) is 0.105. The lowest BCUT2D eigenvalue weighted by molar-refractivity contribution is -0.128. The van der Waals surface area contributed by atoms with Crippen molar-refractivity contribution in [2.45, 2.75) is 0 Å². The van der Waals surface area contributed by atoms with Crippen LogP contribution in [0.2, 0.25) is 0 Å². The minimum Gasteiger partial charge on any atom is -0.337 e. The average Bonchev–Trinajstić information content (AvgIpc) is 1.88. The number of urea groups is 1. The molecule has 0 saturated carbocycles. The van der Waals surface area contributed by atoms with Crippen LogP contribution in [0.4, 0.5) is 4.79 Å². The van der Waals surface area contributed by atoms with Gasteiger partial charge < -0.3 is 10.1 Å². The monoisotopic (exact) mass is 142 g/mol. The Kier molecular flexibility index (Phi) is 1.66. The van der Waals surface area contributed by atoms with Crippen molar-refractivity contribution < 1.29 is 14.4 Å². The fourth-order valence-electron chi connectivity index (χ4n) is 0.654. The third-order valence-electron chi connectivity index (χ3n) is 1.22. The fourth-order valence-corrected chi connectivity index (χ4v) is 0.654. The van der Waals surface area contributed by atoms with Crippen molar-refractivity contribution in [3.05, 3.63) is 0 Å². The maximum atomic E-state index is 10.6. The van der Waals surface area contributed by atoms with Crippen molar-refractivity contribution in [1.82, 2.24) is 10.6 Å². The van der Waals surface area contributed by atoms with Gasteiger partial charge in [0.25, 0.3) is 0 Å². The number of hydrogen-bond acceptors (Lipinski definition) is 3. The number of aldehydes is 1. The number of carbonyl (C=O) groups is 3. The van der Waals surface area contributed by atoms with Gasteiger partial charge in [-0.25, -0.2) is 4.79 Å². The highest BCUT2D eigenvalue weighted by molar-refractivity contribution is 6.03. The average molecular weight is 142 g/mol. The molecule has 1 fully saturated rings. The van der Waals surface area contributed by atoms with Crippen molar-refractivity contribution >= 4 is 18.2 Å². The molecule has 0 aliphatic carbocycles. The van der Waals surface area contributed by atoms with Gasteiger partial charge in [0.1, 0.15) is 12.2 Å². The van der Waals surface area contributed by atoms with Crippen LogP contribution in [-0.2, 0) is 9.59 Å². The predicted molar refractivity (Wildman–Crippen MR) is 31.1 cm³/mol. The second-order valence-electron chi connectivity index (χ2n) is 1.94. The molecule has 5 heteroatoms. The van der Waals surface area contributed by atoms with Gasteiger partial charge in [0.2, 0.25) is 5.91 Å². The standard InChI is InChI=1S/C5H6N2O3/c8-2-3-1-6-5(10)7-4(3)9/h2-3H,1H2,(H2,6,7,9,10). The summed E-state index contributed by atoms with van der Waals surface area (Å²) in [6.07, 6.45) is 0.509. The first-order valence-corrected chi connectivity index (χ1v) is 2.78. The second-order valence-corrected chi connectivity index (χ2v) is 1.94. The van der Waals surface area contributed by atoms with E-state index in [0.29, 0.717) is 6.29 Å². The largest absolute Gasteiger partial charge is 0.337 e. The topological polar surface area (TPSA) is 75.3 Å². The molecule has 2 N–H and O–H groups in total. The Labute approximate surface area is 56.8 Å². The molecule has 1 aliphatic rings. The van der Waals surface area contributed by atoms with Crippen LogP contribution in [-0.4, -0.2) is 24.8 Å². The lowest BCUT2D eigenvalue weighted by atomic mass is 10.1. The van der Waals surface area contributed by atoms with E-state index in [1.807, 2.05) is 5.32 Å². The molecule has 1 rings (SSSR count). The minimum absolute atomic E-state index is 0.105. The first-order chi connectivity index (χ1) is 4.74. The number of rotatable bonds is 1. The van der Waals surface area contributed by atoms with Gasteiger partial charge in [0.05, 0.1) is 0 Å². The Balaban J connectivity index is 2.59. The summed E-state index contributed by atoms with van der Waals surface area (Å²) in [5.74, 6) is -1.25. The predicted octanol–water partition coefficient (Wildman–Crippen LogP) is -1.36. The molecule has 1 unspecified atom stereocenters. The molecule has 0 bridgehead atoms. The zero-order valence-corrected chi connectivity index (χ0v) is 5.09. The van der Waals surface area contributed by atoms with Gasteiger partial charge in [-0.3, -0.25) is 10.1 Å². The summed E-state index contributed by atoms with van der Waals surface area (Å²) >= 11 is 0. The van der Waals surface area contributed by atoms with E-state index in [4.69, 9.17) is 0 Å². The molecule has 10 heavy (non-hydrogen) atoms. The highest BCUT2D eigenvalue weighted by atomic mass is 16.2. The Morgan fingerprint density at radius 1 is 1.50 bits per heavy atom. The van der Waals surface area contributed by atoms with E-state index in [1.165, 1.54) is 0 Å². The van der Waals surface area contributed by atoms with E-state index in [1.54, 1.807) is 0 Å². The van der Waals surface area contributed by atoms with Gasteiger partial charge in [-0.15, -0.1) is 0 Å². The van der Waals surface area contributed by atoms with E-state index in [9.17, 15) is 14.4 Å². The summed E-state index contributed by atoms with van der Waals surface area (Å²) in [4.78, 5) is 31.1. The Hall–Kier alpha value is -1.39. The van der Waals surface area contributed by atoms with Crippen molar-refractivity contribution in [2.75, 3.05) is 6.54 Å². The van der Waals surface area contributed by atoms with Gasteiger partial charge in [0.15, 0.2) is 0 Å². The third kappa shape index (κ3) is 1.12. The van der Waals surface area contributed by atoms with Crippen LogP contribution in [0, 0.1) is 5.92 Å². The second kappa shape index (κ2) is 2.47. The zero-order chi connectivity index (χ0) is 7.56. The summed E-state index contributed by atoms with van der Waals surface area (Å²) in [7, 11) is 0. The minimum atomic E-state index is -0.724. The molecule has 0 spiro atoms. The number of amides is 3. The van der Waals surface area contributed by atoms with Crippen LogP contribution in [0.25, 0.3) is 0 Å². The SMILES string of the molecule is O=CC1CNC(=O)NC1=O. The first kappa shape index (κ1) is 6.73. The number of carbonyl (C=O) groups excluding carboxylic acids is 3. The van der Waals surface area contributed by atoms with E-state index in [0.717, 1.165) is 0 Å². The molecule has 1 aliphatic heterocycles. The van der Waals surface area contributed by atoms with Gasteiger partial charge in [-0.1, -0.05) is 0 Å². The first-order valence-electron chi connectivity index (χ1n) is 2.78. The van der Waals surface area contributed by atoms with Crippen LogP contribution in [0.5, 0.6) is 0 Å². The number of nitrogens with one attached hydrogen (secondary N) is 2. The summed E-state index contributed by atoms with van der Waals surface area (Å²) in [5, 5.41) is 4.27. The molecule has 0 aromatic heterocycles. The highest BCUT2D eigenvalue weighted by Crippen LogP contribution is 1.93. The molecule has 0 radical (unpaired) electrons. The van der Waals surface area contributed by atoms with Gasteiger partial charge in [-0.2, -0.15) is 0 Å². The van der Waals surface area contributed by atoms with Crippen molar-refractivity contribution in [1.29, 1.82) is 0 Å². The lowest BCUT2D eigenvalue weighted by Crippen LogP contribution is -2.52. The van der Waals surface area contributed by atoms with Crippen LogP contribution < -0.4 is 10.6 Å². The van der Waals surface area contributed by atoms with Crippen LogP contribution in [0.1, 0.15) is 0 Å². The molecule has 54 valence electrons. The molecule has 3 amide bonds.